The molecule has 0 spiro atoms. The van der Waals surface area contributed by atoms with E-state index in [0.29, 0.717) is 120 Å². The minimum Gasteiger partial charge on any atom is -0.444 e. The number of benzene rings is 1. The zero-order valence-corrected chi connectivity index (χ0v) is 36.0. The molecule has 3 aromatic rings. The van der Waals surface area contributed by atoms with Crippen molar-refractivity contribution in [2.24, 2.45) is 5.92 Å². The minimum absolute atomic E-state index is 0.0471. The van der Waals surface area contributed by atoms with E-state index in [9.17, 15) is 24.0 Å². The molecule has 324 valence electrons. The molecule has 1 aromatic carbocycles. The highest BCUT2D eigenvalue weighted by atomic mass is 32.2. The second-order valence-corrected chi connectivity index (χ2v) is 18.0. The van der Waals surface area contributed by atoms with Gasteiger partial charge in [0.25, 0.3) is 11.8 Å². The predicted molar refractivity (Wildman–Crippen MR) is 226 cm³/mol. The standard InChI is InChI=1S/C41H54N8O9S2/c1-26-8-9-30(37(52)46-26)49-38(53)28-6-5-7-29(35(28)39(49)54)42-12-16-55-18-20-57-21-19-56-17-13-43-32(50)24-48-14-10-27(11-15-48)36(51)47-40-45-23-34(60-40)59-25-33-44-22-31(58-33)41(2,3)4/h5-7,22-23,27,30,42H,1,8-21,24-25H2,2-4H3,(H,43,50)(H,46,52)(H,45,47,51). The average molecular weight is 867 g/mol. The highest BCUT2D eigenvalue weighted by Crippen LogP contribution is 2.34. The number of nitrogens with zero attached hydrogens (tertiary/aromatic N) is 4. The number of nitrogens with one attached hydrogen (secondary N) is 4. The lowest BCUT2D eigenvalue weighted by Crippen LogP contribution is -2.51. The molecule has 19 heteroatoms. The van der Waals surface area contributed by atoms with Gasteiger partial charge in [-0.2, -0.15) is 0 Å². The van der Waals surface area contributed by atoms with E-state index in [2.05, 4.69) is 63.5 Å². The van der Waals surface area contributed by atoms with Crippen LogP contribution in [0.15, 0.2) is 51.5 Å². The van der Waals surface area contributed by atoms with Crippen LogP contribution >= 0.6 is 23.1 Å². The summed E-state index contributed by atoms with van der Waals surface area (Å²) in [4.78, 5) is 76.1. The summed E-state index contributed by atoms with van der Waals surface area (Å²) in [5.41, 5.74) is 1.52. The fourth-order valence-electron chi connectivity index (χ4n) is 6.86. The fraction of sp³-hybridized carbons (Fsp3) is 0.537. The Balaban J connectivity index is 0.749. The Bertz CT molecular complexity index is 2010. The molecule has 4 N–H and O–H groups in total. The van der Waals surface area contributed by atoms with Gasteiger partial charge >= 0.3 is 0 Å². The summed E-state index contributed by atoms with van der Waals surface area (Å²) in [6.45, 7) is 14.5. The Kier molecular flexibility index (Phi) is 15.9. The van der Waals surface area contributed by atoms with E-state index in [-0.39, 0.29) is 40.8 Å². The Hall–Kier alpha value is -4.66. The third kappa shape index (κ3) is 12.2. The van der Waals surface area contributed by atoms with Crippen LogP contribution < -0.4 is 21.3 Å². The highest BCUT2D eigenvalue weighted by Gasteiger charge is 2.45. The number of amides is 5. The molecule has 5 heterocycles. The van der Waals surface area contributed by atoms with Crippen molar-refractivity contribution in [2.75, 3.05) is 83.0 Å². The van der Waals surface area contributed by atoms with Crippen molar-refractivity contribution < 1.29 is 42.6 Å². The van der Waals surface area contributed by atoms with Crippen molar-refractivity contribution in [1.82, 2.24) is 30.4 Å². The molecule has 5 amide bonds. The molecule has 0 bridgehead atoms. The number of carbonyl (C=O) groups excluding carboxylic acids is 5. The SMILES string of the molecule is C=C1CCC(N2C(=O)c3cccc(NCCOCCOCCOCCNC(=O)CN4CCC(C(=O)Nc5ncc(SCc6ncc(C(C)(C)C)o6)s5)CC4)c3C2=O)C(=O)N1. The number of aromatic nitrogens is 2. The minimum atomic E-state index is -0.865. The van der Waals surface area contributed by atoms with Crippen LogP contribution in [0.2, 0.25) is 0 Å². The van der Waals surface area contributed by atoms with E-state index in [1.54, 1.807) is 42.4 Å². The first-order valence-corrected chi connectivity index (χ1v) is 22.0. The molecule has 1 atom stereocenters. The second kappa shape index (κ2) is 21.2. The van der Waals surface area contributed by atoms with Gasteiger partial charge in [-0.1, -0.05) is 44.8 Å². The van der Waals surface area contributed by atoms with Crippen LogP contribution in [0.1, 0.15) is 78.8 Å². The highest BCUT2D eigenvalue weighted by molar-refractivity contribution is 8.00. The lowest BCUT2D eigenvalue weighted by atomic mass is 9.94. The number of anilines is 2. The van der Waals surface area contributed by atoms with Gasteiger partial charge in [-0.3, -0.25) is 33.8 Å². The molecule has 2 saturated heterocycles. The molecule has 2 fully saturated rings. The van der Waals surface area contributed by atoms with E-state index >= 15 is 0 Å². The largest absolute Gasteiger partial charge is 0.444 e. The molecule has 0 saturated carbocycles. The fourth-order valence-corrected chi connectivity index (χ4v) is 8.59. The lowest BCUT2D eigenvalue weighted by molar-refractivity contribution is -0.125. The smallest absolute Gasteiger partial charge is 0.264 e. The number of thioether (sulfide) groups is 1. The molecule has 0 aliphatic carbocycles. The quantitative estimate of drug-likeness (QED) is 0.0678. The number of rotatable bonds is 21. The number of piperidine rings is 2. The number of oxazole rings is 1. The number of fused-ring (bicyclic) bond motifs is 1. The van der Waals surface area contributed by atoms with Crippen LogP contribution in [-0.2, 0) is 39.8 Å². The van der Waals surface area contributed by atoms with Crippen molar-refractivity contribution in [3.63, 3.8) is 0 Å². The maximum atomic E-state index is 13.3. The number of thiazole rings is 1. The van der Waals surface area contributed by atoms with Crippen LogP contribution in [0.25, 0.3) is 0 Å². The number of carbonyl (C=O) groups is 5. The summed E-state index contributed by atoms with van der Waals surface area (Å²) in [6.07, 6.45) is 5.70. The van der Waals surface area contributed by atoms with E-state index < -0.39 is 23.8 Å². The summed E-state index contributed by atoms with van der Waals surface area (Å²) in [6, 6.07) is 4.15. The van der Waals surface area contributed by atoms with Crippen molar-refractivity contribution in [1.29, 1.82) is 0 Å². The first-order valence-electron chi connectivity index (χ1n) is 20.2. The van der Waals surface area contributed by atoms with Crippen molar-refractivity contribution in [2.45, 2.75) is 67.9 Å². The Morgan fingerprint density at radius 3 is 2.38 bits per heavy atom. The number of hydrogen-bond acceptors (Lipinski definition) is 15. The summed E-state index contributed by atoms with van der Waals surface area (Å²) < 4.78 is 23.6. The van der Waals surface area contributed by atoms with Crippen LogP contribution in [0, 0.1) is 5.92 Å². The lowest BCUT2D eigenvalue weighted by Gasteiger charge is -2.30. The van der Waals surface area contributed by atoms with Gasteiger partial charge < -0.3 is 39.9 Å². The van der Waals surface area contributed by atoms with Gasteiger partial charge in [0.1, 0.15) is 11.8 Å². The molecule has 2 aromatic heterocycles. The van der Waals surface area contributed by atoms with Gasteiger partial charge in [0.05, 0.1) is 79.7 Å². The van der Waals surface area contributed by atoms with Crippen LogP contribution in [-0.4, -0.2) is 128 Å². The first-order chi connectivity index (χ1) is 28.9. The zero-order valence-electron chi connectivity index (χ0n) is 34.3. The molecule has 60 heavy (non-hydrogen) atoms. The van der Waals surface area contributed by atoms with Gasteiger partial charge in [-0.15, -0.1) is 11.8 Å². The molecule has 6 rings (SSSR count). The Labute approximate surface area is 357 Å². The molecule has 0 radical (unpaired) electrons. The maximum Gasteiger partial charge on any atom is 0.264 e. The van der Waals surface area contributed by atoms with Crippen LogP contribution in [0.3, 0.4) is 0 Å². The molecule has 3 aliphatic heterocycles. The van der Waals surface area contributed by atoms with E-state index in [1.807, 2.05) is 0 Å². The Morgan fingerprint density at radius 1 is 0.967 bits per heavy atom. The maximum absolute atomic E-state index is 13.3. The number of allylic oxidation sites excluding steroid dienone is 1. The van der Waals surface area contributed by atoms with Crippen LogP contribution in [0.4, 0.5) is 10.8 Å². The van der Waals surface area contributed by atoms with Gasteiger partial charge in [0.15, 0.2) is 5.13 Å². The molecule has 1 unspecified atom stereocenters. The van der Waals surface area contributed by atoms with Crippen LogP contribution in [0.5, 0.6) is 0 Å². The predicted octanol–water partition coefficient (Wildman–Crippen LogP) is 4.04. The van der Waals surface area contributed by atoms with E-state index in [0.717, 1.165) is 14.9 Å². The zero-order chi connectivity index (χ0) is 42.6. The van der Waals surface area contributed by atoms with Crippen molar-refractivity contribution in [3.8, 4) is 0 Å². The molecular formula is C41H54N8O9S2. The number of imide groups is 1. The molecule has 17 nitrogen and oxygen atoms in total. The van der Waals surface area contributed by atoms with Gasteiger partial charge in [0, 0.05) is 35.8 Å². The monoisotopic (exact) mass is 866 g/mol. The summed E-state index contributed by atoms with van der Waals surface area (Å²) in [5, 5.41) is 12.2. The second-order valence-electron chi connectivity index (χ2n) is 15.7. The number of hydrogen-bond donors (Lipinski definition) is 4. The van der Waals surface area contributed by atoms with E-state index in [4.69, 9.17) is 18.6 Å². The summed E-state index contributed by atoms with van der Waals surface area (Å²) >= 11 is 3.00. The topological polar surface area (TPSA) is 207 Å². The van der Waals surface area contributed by atoms with Crippen molar-refractivity contribution in [3.05, 3.63) is 65.6 Å². The van der Waals surface area contributed by atoms with Gasteiger partial charge in [-0.25, -0.2) is 9.97 Å². The van der Waals surface area contributed by atoms with Gasteiger partial charge in [-0.05, 0) is 50.9 Å². The summed E-state index contributed by atoms with van der Waals surface area (Å²) in [7, 11) is 0. The number of likely N-dealkylation sites (tertiary alicyclic amines) is 1. The summed E-state index contributed by atoms with van der Waals surface area (Å²) in [5.74, 6) is 0.448. The van der Waals surface area contributed by atoms with Crippen molar-refractivity contribution >= 4 is 63.5 Å². The molecular weight excluding hydrogens is 813 g/mol. The number of ether oxygens (including phenoxy) is 3. The normalized spacial score (nSPS) is 17.5. The Morgan fingerprint density at radius 2 is 1.68 bits per heavy atom. The first kappa shape index (κ1) is 44.9. The van der Waals surface area contributed by atoms with Gasteiger partial charge in [0.2, 0.25) is 23.6 Å². The third-order valence-electron chi connectivity index (χ3n) is 10.1. The molecule has 3 aliphatic rings. The average Bonchev–Trinajstić information content (AvgIpc) is 3.95. The van der Waals surface area contributed by atoms with E-state index in [1.165, 1.54) is 11.3 Å². The third-order valence-corrected chi connectivity index (χ3v) is 12.2.